The number of carbonyl (C=O) groups excluding carboxylic acids is 3. The molecule has 178 valence electrons. The quantitative estimate of drug-likeness (QED) is 0.188. The van der Waals surface area contributed by atoms with Gasteiger partial charge in [0.15, 0.2) is 0 Å². The Hall–Kier alpha value is -4.59. The lowest BCUT2D eigenvalue weighted by molar-refractivity contribution is -0.132. The van der Waals surface area contributed by atoms with E-state index in [0.29, 0.717) is 34.1 Å². The number of ether oxygens (including phenoxy) is 3. The molecule has 0 bridgehead atoms. The van der Waals surface area contributed by atoms with Gasteiger partial charge in [0.2, 0.25) is 0 Å². The van der Waals surface area contributed by atoms with Gasteiger partial charge in [-0.05, 0) is 54.1 Å². The number of rotatable bonds is 6. The third-order valence-electron chi connectivity index (χ3n) is 5.60. The molecule has 1 amide bonds. The third kappa shape index (κ3) is 4.59. The number of carbonyl (C=O) groups is 3. The van der Waals surface area contributed by atoms with Crippen LogP contribution < -0.4 is 19.1 Å². The molecule has 1 fully saturated rings. The summed E-state index contributed by atoms with van der Waals surface area (Å²) < 4.78 is 15.5. The predicted octanol–water partition coefficient (Wildman–Crippen LogP) is 4.26. The van der Waals surface area contributed by atoms with Gasteiger partial charge in [-0.25, -0.2) is 0 Å². The molecule has 3 aromatic carbocycles. The van der Waals surface area contributed by atoms with Crippen molar-refractivity contribution in [1.82, 2.24) is 0 Å². The Morgan fingerprint density at radius 3 is 2.09 bits per heavy atom. The van der Waals surface area contributed by atoms with Crippen LogP contribution in [0.4, 0.5) is 5.69 Å². The summed E-state index contributed by atoms with van der Waals surface area (Å²) in [5.41, 5.74) is 1.25. The van der Waals surface area contributed by atoms with E-state index in [-0.39, 0.29) is 11.3 Å². The van der Waals surface area contributed by atoms with Gasteiger partial charge < -0.3 is 19.3 Å². The fourth-order valence-electron chi connectivity index (χ4n) is 3.97. The first-order valence-electron chi connectivity index (χ1n) is 10.7. The van der Waals surface area contributed by atoms with Gasteiger partial charge in [-0.15, -0.1) is 0 Å². The van der Waals surface area contributed by atoms with Crippen molar-refractivity contribution in [3.63, 3.8) is 0 Å². The van der Waals surface area contributed by atoms with Crippen molar-refractivity contribution in [3.8, 4) is 17.2 Å². The first-order chi connectivity index (χ1) is 16.8. The summed E-state index contributed by atoms with van der Waals surface area (Å²) in [4.78, 5) is 39.1. The first-order valence-corrected chi connectivity index (χ1v) is 10.7. The van der Waals surface area contributed by atoms with Gasteiger partial charge in [0.1, 0.15) is 23.0 Å². The van der Waals surface area contributed by atoms with Crippen molar-refractivity contribution < 1.29 is 33.7 Å². The summed E-state index contributed by atoms with van der Waals surface area (Å²) in [5, 5.41) is 11.2. The number of hydrogen-bond donors (Lipinski definition) is 1. The van der Waals surface area contributed by atoms with E-state index in [0.717, 1.165) is 0 Å². The highest BCUT2D eigenvalue weighted by atomic mass is 16.5. The summed E-state index contributed by atoms with van der Waals surface area (Å²) >= 11 is 0. The number of Topliss-reactive ketones (excluding diaryl/α,β-unsaturated/α-hetero) is 1. The summed E-state index contributed by atoms with van der Waals surface area (Å²) in [7, 11) is 3.02. The zero-order valence-corrected chi connectivity index (χ0v) is 19.3. The van der Waals surface area contributed by atoms with Crippen LogP contribution >= 0.6 is 0 Å². The topological polar surface area (TPSA) is 102 Å². The molecule has 0 saturated carbocycles. The number of nitrogens with zero attached hydrogens (tertiary/aromatic N) is 1. The van der Waals surface area contributed by atoms with Crippen LogP contribution in [0.2, 0.25) is 0 Å². The number of ketones is 1. The largest absolute Gasteiger partial charge is 0.507 e. The Bertz CT molecular complexity index is 1310. The van der Waals surface area contributed by atoms with Crippen LogP contribution in [0, 0.1) is 0 Å². The fourth-order valence-corrected chi connectivity index (χ4v) is 3.97. The molecule has 35 heavy (non-hydrogen) atoms. The van der Waals surface area contributed by atoms with Crippen molar-refractivity contribution in [3.05, 3.63) is 89.5 Å². The Kier molecular flexibility index (Phi) is 6.55. The second-order valence-corrected chi connectivity index (χ2v) is 7.76. The number of anilines is 1. The Labute approximate surface area is 202 Å². The van der Waals surface area contributed by atoms with E-state index in [1.165, 1.54) is 26.0 Å². The number of amides is 1. The fraction of sp³-hybridized carbons (Fsp3) is 0.148. The maximum Gasteiger partial charge on any atom is 0.308 e. The van der Waals surface area contributed by atoms with E-state index in [1.807, 2.05) is 0 Å². The molecule has 8 heteroatoms. The van der Waals surface area contributed by atoms with Crippen LogP contribution in [0.15, 0.2) is 78.4 Å². The summed E-state index contributed by atoms with van der Waals surface area (Å²) in [5.74, 6) is -1.02. The van der Waals surface area contributed by atoms with Gasteiger partial charge in [-0.2, -0.15) is 0 Å². The van der Waals surface area contributed by atoms with Crippen LogP contribution in [0.3, 0.4) is 0 Å². The zero-order valence-electron chi connectivity index (χ0n) is 19.3. The van der Waals surface area contributed by atoms with Crippen LogP contribution in [0.25, 0.3) is 5.76 Å². The molecule has 1 N–H and O–H groups in total. The Morgan fingerprint density at radius 1 is 0.857 bits per heavy atom. The molecule has 1 aliphatic heterocycles. The molecule has 1 atom stereocenters. The average Bonchev–Trinajstić information content (AvgIpc) is 3.14. The van der Waals surface area contributed by atoms with E-state index in [2.05, 4.69) is 0 Å². The van der Waals surface area contributed by atoms with Crippen molar-refractivity contribution in [1.29, 1.82) is 0 Å². The Morgan fingerprint density at radius 2 is 1.49 bits per heavy atom. The molecule has 3 aromatic rings. The minimum atomic E-state index is -0.930. The normalized spacial score (nSPS) is 16.8. The molecule has 0 aliphatic carbocycles. The van der Waals surface area contributed by atoms with Gasteiger partial charge in [0, 0.05) is 18.2 Å². The molecule has 0 radical (unpaired) electrons. The first kappa shape index (κ1) is 23.6. The van der Waals surface area contributed by atoms with Crippen molar-refractivity contribution >= 4 is 29.1 Å². The van der Waals surface area contributed by atoms with E-state index >= 15 is 0 Å². The number of hydrogen-bond acceptors (Lipinski definition) is 7. The van der Waals surface area contributed by atoms with Crippen LogP contribution in [0.1, 0.15) is 24.1 Å². The van der Waals surface area contributed by atoms with E-state index in [4.69, 9.17) is 14.2 Å². The van der Waals surface area contributed by atoms with Gasteiger partial charge >= 0.3 is 5.97 Å². The van der Waals surface area contributed by atoms with Crippen molar-refractivity contribution in [2.45, 2.75) is 13.0 Å². The van der Waals surface area contributed by atoms with E-state index in [9.17, 15) is 19.5 Å². The van der Waals surface area contributed by atoms with Crippen LogP contribution in [-0.2, 0) is 14.4 Å². The molecule has 0 aromatic heterocycles. The highest BCUT2D eigenvalue weighted by Crippen LogP contribution is 2.43. The second kappa shape index (κ2) is 9.72. The zero-order chi connectivity index (χ0) is 25.1. The lowest BCUT2D eigenvalue weighted by atomic mass is 9.95. The number of methoxy groups -OCH3 is 2. The molecular formula is C27H23NO7. The summed E-state index contributed by atoms with van der Waals surface area (Å²) in [6.07, 6.45) is 0. The average molecular weight is 473 g/mol. The predicted molar refractivity (Wildman–Crippen MR) is 129 cm³/mol. The number of esters is 1. The maximum atomic E-state index is 13.2. The molecule has 4 rings (SSSR count). The minimum Gasteiger partial charge on any atom is -0.507 e. The SMILES string of the molecule is COc1ccc(N2C(=O)C(=O)/C(=C(\O)c3cccc(OC)c3)C2c2ccc(OC(C)=O)cc2)cc1. The smallest absolute Gasteiger partial charge is 0.308 e. The molecular weight excluding hydrogens is 450 g/mol. The molecule has 1 unspecified atom stereocenters. The number of aliphatic hydroxyl groups excluding tert-OH is 1. The monoisotopic (exact) mass is 473 g/mol. The minimum absolute atomic E-state index is 0.0701. The van der Waals surface area contributed by atoms with Crippen molar-refractivity contribution in [2.24, 2.45) is 0 Å². The lowest BCUT2D eigenvalue weighted by Gasteiger charge is -2.25. The Balaban J connectivity index is 1.88. The summed E-state index contributed by atoms with van der Waals surface area (Å²) in [6, 6.07) is 18.8. The second-order valence-electron chi connectivity index (χ2n) is 7.76. The number of benzene rings is 3. The molecule has 8 nitrogen and oxygen atoms in total. The van der Waals surface area contributed by atoms with E-state index in [1.54, 1.807) is 72.8 Å². The molecule has 1 saturated heterocycles. The number of aliphatic hydroxyl groups is 1. The molecule has 0 spiro atoms. The standard InChI is InChI=1S/C27H23NO7/c1-16(29)35-21-11-7-17(8-12-21)24-23(25(30)18-5-4-6-22(15-18)34-3)26(31)27(32)28(24)19-9-13-20(33-2)14-10-19/h4-15,24,30H,1-3H3/b25-23-. The molecule has 1 heterocycles. The summed E-state index contributed by atoms with van der Waals surface area (Å²) in [6.45, 7) is 1.29. The third-order valence-corrected chi connectivity index (χ3v) is 5.60. The molecule has 1 aliphatic rings. The van der Waals surface area contributed by atoms with Gasteiger partial charge in [0.05, 0.1) is 25.8 Å². The highest BCUT2D eigenvalue weighted by molar-refractivity contribution is 6.51. The van der Waals surface area contributed by atoms with Crippen LogP contribution in [0.5, 0.6) is 17.2 Å². The van der Waals surface area contributed by atoms with Crippen LogP contribution in [-0.4, -0.2) is 37.0 Å². The lowest BCUT2D eigenvalue weighted by Crippen LogP contribution is -2.29. The van der Waals surface area contributed by atoms with Gasteiger partial charge in [-0.1, -0.05) is 24.3 Å². The van der Waals surface area contributed by atoms with Gasteiger partial charge in [-0.3, -0.25) is 19.3 Å². The van der Waals surface area contributed by atoms with Crippen molar-refractivity contribution in [2.75, 3.05) is 19.1 Å². The van der Waals surface area contributed by atoms with Gasteiger partial charge in [0.25, 0.3) is 11.7 Å². The van der Waals surface area contributed by atoms with E-state index < -0.39 is 23.7 Å². The maximum absolute atomic E-state index is 13.2. The highest BCUT2D eigenvalue weighted by Gasteiger charge is 2.47.